The van der Waals surface area contributed by atoms with Crippen LogP contribution in [-0.4, -0.2) is 15.4 Å². The molecule has 0 bridgehead atoms. The molecule has 2 rings (SSSR count). The first-order valence-electron chi connectivity index (χ1n) is 6.24. The van der Waals surface area contributed by atoms with Gasteiger partial charge in [0.05, 0.1) is 6.54 Å². The molecule has 0 aliphatic heterocycles. The van der Waals surface area contributed by atoms with Crippen molar-refractivity contribution in [2.75, 3.05) is 0 Å². The number of rotatable bonds is 5. The quantitative estimate of drug-likeness (QED) is 0.640. The van der Waals surface area contributed by atoms with Crippen molar-refractivity contribution in [1.29, 1.82) is 5.41 Å². The van der Waals surface area contributed by atoms with E-state index < -0.39 is 0 Å². The maximum absolute atomic E-state index is 13.9. The summed E-state index contributed by atoms with van der Waals surface area (Å²) in [4.78, 5) is 4.26. The molecule has 0 aliphatic rings. The number of hydrogen-bond acceptors (Lipinski definition) is 2. The maximum atomic E-state index is 13.9. The first-order valence-corrected chi connectivity index (χ1v) is 6.24. The Hall–Kier alpha value is -2.17. The molecule has 0 spiro atoms. The first-order chi connectivity index (χ1) is 9.11. The van der Waals surface area contributed by atoms with E-state index in [9.17, 15) is 4.39 Å². The Balaban J connectivity index is 2.23. The number of aromatic nitrogens is 2. The molecule has 4 nitrogen and oxygen atoms in total. The molecule has 0 radical (unpaired) electrons. The van der Waals surface area contributed by atoms with E-state index >= 15 is 0 Å². The Kier molecular flexibility index (Phi) is 3.94. The summed E-state index contributed by atoms with van der Waals surface area (Å²) in [7, 11) is 0. The lowest BCUT2D eigenvalue weighted by atomic mass is 10.1. The third-order valence-electron chi connectivity index (χ3n) is 2.98. The van der Waals surface area contributed by atoms with Gasteiger partial charge in [-0.2, -0.15) is 0 Å². The topological polar surface area (TPSA) is 67.7 Å². The molecule has 1 aromatic heterocycles. The summed E-state index contributed by atoms with van der Waals surface area (Å²) in [5.74, 6) is 0.487. The van der Waals surface area contributed by atoms with Gasteiger partial charge in [0.2, 0.25) is 0 Å². The molecule has 1 aromatic carbocycles. The monoisotopic (exact) mass is 260 g/mol. The van der Waals surface area contributed by atoms with Crippen LogP contribution in [0.5, 0.6) is 0 Å². The van der Waals surface area contributed by atoms with Crippen molar-refractivity contribution < 1.29 is 4.39 Å². The van der Waals surface area contributed by atoms with Crippen LogP contribution in [0.2, 0.25) is 0 Å². The number of imidazole rings is 1. The highest BCUT2D eigenvalue weighted by Gasteiger charge is 2.08. The second-order valence-electron chi connectivity index (χ2n) is 4.44. The molecule has 3 N–H and O–H groups in total. The molecule has 0 amide bonds. The number of nitrogens with two attached hydrogens (primary N) is 1. The van der Waals surface area contributed by atoms with E-state index in [1.165, 1.54) is 6.07 Å². The summed E-state index contributed by atoms with van der Waals surface area (Å²) >= 11 is 0. The summed E-state index contributed by atoms with van der Waals surface area (Å²) in [6.07, 6.45) is 5.46. The van der Waals surface area contributed by atoms with Gasteiger partial charge in [-0.05, 0) is 12.5 Å². The summed E-state index contributed by atoms with van der Waals surface area (Å²) in [5.41, 5.74) is 6.31. The van der Waals surface area contributed by atoms with Crippen LogP contribution in [0.1, 0.15) is 30.3 Å². The van der Waals surface area contributed by atoms with Crippen molar-refractivity contribution >= 4 is 5.84 Å². The third-order valence-corrected chi connectivity index (χ3v) is 2.98. The summed E-state index contributed by atoms with van der Waals surface area (Å²) < 4.78 is 15.9. The van der Waals surface area contributed by atoms with Crippen molar-refractivity contribution in [1.82, 2.24) is 9.55 Å². The summed E-state index contributed by atoms with van der Waals surface area (Å²) in [6, 6.07) is 4.63. The number of aryl methyl sites for hydroxylation is 1. The van der Waals surface area contributed by atoms with Gasteiger partial charge in [0.1, 0.15) is 17.5 Å². The minimum absolute atomic E-state index is 0.125. The second kappa shape index (κ2) is 5.65. The highest BCUT2D eigenvalue weighted by atomic mass is 19.1. The Morgan fingerprint density at radius 2 is 2.26 bits per heavy atom. The number of amidine groups is 1. The zero-order valence-corrected chi connectivity index (χ0v) is 10.9. The molecule has 0 fully saturated rings. The van der Waals surface area contributed by atoms with E-state index in [1.807, 2.05) is 10.8 Å². The van der Waals surface area contributed by atoms with Crippen molar-refractivity contribution in [2.45, 2.75) is 26.3 Å². The van der Waals surface area contributed by atoms with Crippen LogP contribution in [-0.2, 0) is 13.0 Å². The van der Waals surface area contributed by atoms with E-state index in [-0.39, 0.29) is 11.7 Å². The van der Waals surface area contributed by atoms with Crippen LogP contribution in [0.4, 0.5) is 4.39 Å². The lowest BCUT2D eigenvalue weighted by molar-refractivity contribution is 0.592. The molecule has 0 saturated heterocycles. The fourth-order valence-corrected chi connectivity index (χ4v) is 1.96. The largest absolute Gasteiger partial charge is 0.384 e. The third kappa shape index (κ3) is 2.99. The predicted octanol–water partition coefficient (Wildman–Crippen LogP) is 2.31. The Morgan fingerprint density at radius 3 is 2.89 bits per heavy atom. The van der Waals surface area contributed by atoms with Crippen molar-refractivity contribution in [2.24, 2.45) is 5.73 Å². The molecule has 0 atom stereocenters. The number of nitrogens with zero attached hydrogens (tertiary/aromatic N) is 2. The normalized spacial score (nSPS) is 10.6. The number of nitrogen functional groups attached to an aromatic ring is 1. The van der Waals surface area contributed by atoms with E-state index in [4.69, 9.17) is 11.1 Å². The highest BCUT2D eigenvalue weighted by Crippen LogP contribution is 2.13. The number of nitrogens with one attached hydrogen (secondary N) is 1. The van der Waals surface area contributed by atoms with Crippen LogP contribution >= 0.6 is 0 Å². The molecule has 0 saturated carbocycles. The molecule has 19 heavy (non-hydrogen) atoms. The predicted molar refractivity (Wildman–Crippen MR) is 72.7 cm³/mol. The lowest BCUT2D eigenvalue weighted by Gasteiger charge is -2.09. The molecular weight excluding hydrogens is 243 g/mol. The number of halogens is 1. The van der Waals surface area contributed by atoms with E-state index in [2.05, 4.69) is 11.9 Å². The van der Waals surface area contributed by atoms with Crippen LogP contribution in [0.25, 0.3) is 0 Å². The molecular formula is C14H17FN4. The van der Waals surface area contributed by atoms with Gasteiger partial charge in [-0.15, -0.1) is 0 Å². The molecule has 0 aliphatic carbocycles. The molecule has 100 valence electrons. The van der Waals surface area contributed by atoms with Gasteiger partial charge in [-0.25, -0.2) is 9.37 Å². The van der Waals surface area contributed by atoms with Gasteiger partial charge in [-0.1, -0.05) is 19.1 Å². The first kappa shape index (κ1) is 13.3. The second-order valence-corrected chi connectivity index (χ2v) is 4.44. The van der Waals surface area contributed by atoms with Crippen LogP contribution in [0.15, 0.2) is 30.6 Å². The van der Waals surface area contributed by atoms with Gasteiger partial charge >= 0.3 is 0 Å². The summed E-state index contributed by atoms with van der Waals surface area (Å²) in [5, 5.41) is 7.28. The lowest BCUT2D eigenvalue weighted by Crippen LogP contribution is -2.12. The minimum atomic E-state index is -0.344. The number of hydrogen-bond donors (Lipinski definition) is 2. The molecule has 1 heterocycles. The van der Waals surface area contributed by atoms with Gasteiger partial charge in [0.15, 0.2) is 0 Å². The smallest absolute Gasteiger partial charge is 0.128 e. The van der Waals surface area contributed by atoms with E-state index in [0.717, 1.165) is 18.7 Å². The SMILES string of the molecule is CCCc1nccn1Cc1ccc(C(=N)N)cc1F. The molecule has 0 unspecified atom stereocenters. The van der Waals surface area contributed by atoms with Crippen LogP contribution in [0, 0.1) is 11.2 Å². The number of benzene rings is 1. The summed E-state index contributed by atoms with van der Waals surface area (Å²) in [6.45, 7) is 2.53. The van der Waals surface area contributed by atoms with E-state index in [1.54, 1.807) is 18.3 Å². The van der Waals surface area contributed by atoms with Crippen molar-refractivity contribution in [3.63, 3.8) is 0 Å². The van der Waals surface area contributed by atoms with Gasteiger partial charge in [0.25, 0.3) is 0 Å². The highest BCUT2D eigenvalue weighted by molar-refractivity contribution is 5.94. The standard InChI is InChI=1S/C14H17FN4/c1-2-3-13-18-6-7-19(13)9-11-5-4-10(14(16)17)8-12(11)15/h4-8H,2-3,9H2,1H3,(H3,16,17). The van der Waals surface area contributed by atoms with Crippen molar-refractivity contribution in [3.05, 3.63) is 53.4 Å². The molecule has 5 heteroatoms. The molecule has 2 aromatic rings. The Labute approximate surface area is 111 Å². The maximum Gasteiger partial charge on any atom is 0.128 e. The fraction of sp³-hybridized carbons (Fsp3) is 0.286. The van der Waals surface area contributed by atoms with Gasteiger partial charge < -0.3 is 10.3 Å². The van der Waals surface area contributed by atoms with Crippen LogP contribution < -0.4 is 5.73 Å². The Bertz CT molecular complexity index is 589. The zero-order chi connectivity index (χ0) is 13.8. The average molecular weight is 260 g/mol. The minimum Gasteiger partial charge on any atom is -0.384 e. The Morgan fingerprint density at radius 1 is 1.47 bits per heavy atom. The van der Waals surface area contributed by atoms with Gasteiger partial charge in [0, 0.05) is 29.9 Å². The zero-order valence-electron chi connectivity index (χ0n) is 10.9. The fourth-order valence-electron chi connectivity index (χ4n) is 1.96. The van der Waals surface area contributed by atoms with Gasteiger partial charge in [-0.3, -0.25) is 5.41 Å². The van der Waals surface area contributed by atoms with E-state index in [0.29, 0.717) is 17.7 Å². The van der Waals surface area contributed by atoms with Crippen molar-refractivity contribution in [3.8, 4) is 0 Å². The van der Waals surface area contributed by atoms with Crippen LogP contribution in [0.3, 0.4) is 0 Å². The average Bonchev–Trinajstić information content (AvgIpc) is 2.79.